The predicted octanol–water partition coefficient (Wildman–Crippen LogP) is 4.89. The summed E-state index contributed by atoms with van der Waals surface area (Å²) in [6.45, 7) is 0. The van der Waals surface area contributed by atoms with Gasteiger partial charge >= 0.3 is 0 Å². The SMILES string of the molecule is COc1ccc(-c2nc(Br)cs2)c(Cl)c1Cl. The Balaban J connectivity index is 2.55. The number of halogens is 3. The molecule has 2 aromatic rings. The van der Waals surface area contributed by atoms with E-state index in [0.29, 0.717) is 15.8 Å². The van der Waals surface area contributed by atoms with E-state index in [1.165, 1.54) is 11.3 Å². The van der Waals surface area contributed by atoms with Gasteiger partial charge in [-0.3, -0.25) is 0 Å². The minimum absolute atomic E-state index is 0.410. The Morgan fingerprint density at radius 3 is 2.62 bits per heavy atom. The van der Waals surface area contributed by atoms with Gasteiger partial charge in [-0.25, -0.2) is 4.98 Å². The molecule has 2 nitrogen and oxygen atoms in total. The smallest absolute Gasteiger partial charge is 0.139 e. The molecule has 0 saturated heterocycles. The zero-order valence-corrected chi connectivity index (χ0v) is 12.0. The van der Waals surface area contributed by atoms with Crippen molar-refractivity contribution in [3.05, 3.63) is 32.2 Å². The van der Waals surface area contributed by atoms with Crippen LogP contribution < -0.4 is 4.74 Å². The van der Waals surface area contributed by atoms with Crippen LogP contribution in [0, 0.1) is 0 Å². The summed E-state index contributed by atoms with van der Waals surface area (Å²) in [7, 11) is 1.55. The minimum atomic E-state index is 0.410. The van der Waals surface area contributed by atoms with E-state index in [0.717, 1.165) is 15.2 Å². The van der Waals surface area contributed by atoms with E-state index in [1.54, 1.807) is 13.2 Å². The maximum Gasteiger partial charge on any atom is 0.139 e. The van der Waals surface area contributed by atoms with Gasteiger partial charge in [0.2, 0.25) is 0 Å². The van der Waals surface area contributed by atoms with E-state index in [4.69, 9.17) is 27.9 Å². The number of ether oxygens (including phenoxy) is 1. The van der Waals surface area contributed by atoms with Crippen molar-refractivity contribution in [1.29, 1.82) is 0 Å². The van der Waals surface area contributed by atoms with Crippen molar-refractivity contribution in [1.82, 2.24) is 4.98 Å². The van der Waals surface area contributed by atoms with Crippen LogP contribution in [0.25, 0.3) is 10.6 Å². The van der Waals surface area contributed by atoms with Crippen LogP contribution in [0.5, 0.6) is 5.75 Å². The molecular formula is C10H6BrCl2NOS. The topological polar surface area (TPSA) is 22.1 Å². The van der Waals surface area contributed by atoms with E-state index in [2.05, 4.69) is 20.9 Å². The maximum atomic E-state index is 6.16. The number of methoxy groups -OCH3 is 1. The molecule has 0 amide bonds. The third kappa shape index (κ3) is 2.20. The van der Waals surface area contributed by atoms with Crippen LogP contribution in [0.15, 0.2) is 22.1 Å². The lowest BCUT2D eigenvalue weighted by molar-refractivity contribution is 0.415. The van der Waals surface area contributed by atoms with Crippen molar-refractivity contribution in [2.24, 2.45) is 0 Å². The van der Waals surface area contributed by atoms with E-state index in [-0.39, 0.29) is 0 Å². The maximum absolute atomic E-state index is 6.16. The Bertz CT molecular complexity index is 530. The number of benzene rings is 1. The van der Waals surface area contributed by atoms with Gasteiger partial charge in [0.05, 0.1) is 12.1 Å². The highest BCUT2D eigenvalue weighted by Crippen LogP contribution is 2.40. The van der Waals surface area contributed by atoms with Crippen molar-refractivity contribution < 1.29 is 4.74 Å². The molecule has 1 aromatic carbocycles. The van der Waals surface area contributed by atoms with Crippen molar-refractivity contribution >= 4 is 50.5 Å². The summed E-state index contributed by atoms with van der Waals surface area (Å²) in [5.74, 6) is 0.561. The van der Waals surface area contributed by atoms with Crippen LogP contribution in [0.4, 0.5) is 0 Å². The second kappa shape index (κ2) is 4.92. The average molecular weight is 339 g/mol. The molecule has 0 spiro atoms. The fourth-order valence-corrected chi connectivity index (χ4v) is 3.06. The summed E-state index contributed by atoms with van der Waals surface area (Å²) in [5, 5.41) is 3.58. The van der Waals surface area contributed by atoms with Crippen LogP contribution in [-0.2, 0) is 0 Å². The average Bonchev–Trinajstić information content (AvgIpc) is 2.69. The lowest BCUT2D eigenvalue weighted by Gasteiger charge is -2.07. The van der Waals surface area contributed by atoms with Crippen LogP contribution in [0.2, 0.25) is 10.0 Å². The predicted molar refractivity (Wildman–Crippen MR) is 71.8 cm³/mol. The van der Waals surface area contributed by atoms with E-state index >= 15 is 0 Å². The molecular weight excluding hydrogens is 333 g/mol. The molecule has 16 heavy (non-hydrogen) atoms. The Labute approximate surface area is 115 Å². The first kappa shape index (κ1) is 12.2. The zero-order chi connectivity index (χ0) is 11.7. The molecule has 1 aromatic heterocycles. The molecule has 0 aliphatic rings. The summed E-state index contributed by atoms with van der Waals surface area (Å²) >= 11 is 17.0. The number of aromatic nitrogens is 1. The van der Waals surface area contributed by atoms with Gasteiger partial charge < -0.3 is 4.74 Å². The van der Waals surface area contributed by atoms with E-state index in [1.807, 2.05) is 11.4 Å². The highest BCUT2D eigenvalue weighted by Gasteiger charge is 2.14. The normalized spacial score (nSPS) is 10.5. The number of rotatable bonds is 2. The summed E-state index contributed by atoms with van der Waals surface area (Å²) in [6, 6.07) is 3.62. The molecule has 0 radical (unpaired) electrons. The van der Waals surface area contributed by atoms with Crippen LogP contribution in [0.3, 0.4) is 0 Å². The monoisotopic (exact) mass is 337 g/mol. The number of thiazole rings is 1. The van der Waals surface area contributed by atoms with Crippen molar-refractivity contribution in [2.45, 2.75) is 0 Å². The van der Waals surface area contributed by atoms with Gasteiger partial charge in [-0.15, -0.1) is 11.3 Å². The third-order valence-corrected chi connectivity index (χ3v) is 4.42. The molecule has 0 N–H and O–H groups in total. The first-order valence-corrected chi connectivity index (χ1v) is 6.69. The van der Waals surface area contributed by atoms with Gasteiger partial charge in [-0.1, -0.05) is 23.2 Å². The summed E-state index contributed by atoms with van der Waals surface area (Å²) in [4.78, 5) is 4.29. The molecule has 0 atom stereocenters. The van der Waals surface area contributed by atoms with Crippen LogP contribution in [-0.4, -0.2) is 12.1 Å². The van der Waals surface area contributed by atoms with Crippen molar-refractivity contribution in [2.75, 3.05) is 7.11 Å². The van der Waals surface area contributed by atoms with Gasteiger partial charge in [0, 0.05) is 10.9 Å². The molecule has 0 saturated carbocycles. The molecule has 1 heterocycles. The third-order valence-electron chi connectivity index (χ3n) is 1.97. The van der Waals surface area contributed by atoms with Gasteiger partial charge in [-0.05, 0) is 28.1 Å². The van der Waals surface area contributed by atoms with Crippen LogP contribution in [0.1, 0.15) is 0 Å². The highest BCUT2D eigenvalue weighted by atomic mass is 79.9. The summed E-state index contributed by atoms with van der Waals surface area (Å²) in [5.41, 5.74) is 0.808. The molecule has 0 unspecified atom stereocenters. The van der Waals surface area contributed by atoms with Crippen molar-refractivity contribution in [3.63, 3.8) is 0 Å². The molecule has 2 rings (SSSR count). The van der Waals surface area contributed by atoms with Crippen molar-refractivity contribution in [3.8, 4) is 16.3 Å². The van der Waals surface area contributed by atoms with Gasteiger partial charge in [0.25, 0.3) is 0 Å². The minimum Gasteiger partial charge on any atom is -0.495 e. The zero-order valence-electron chi connectivity index (χ0n) is 8.13. The van der Waals surface area contributed by atoms with Crippen LogP contribution >= 0.6 is 50.5 Å². The number of nitrogens with zero attached hydrogens (tertiary/aromatic N) is 1. The molecule has 84 valence electrons. The lowest BCUT2D eigenvalue weighted by atomic mass is 10.2. The Hall–Kier alpha value is -0.290. The van der Waals surface area contributed by atoms with Gasteiger partial charge in [0.15, 0.2) is 0 Å². The Morgan fingerprint density at radius 1 is 1.31 bits per heavy atom. The fraction of sp³-hybridized carbons (Fsp3) is 0.100. The van der Waals surface area contributed by atoms with Gasteiger partial charge in [-0.2, -0.15) is 0 Å². The van der Waals surface area contributed by atoms with E-state index < -0.39 is 0 Å². The second-order valence-electron chi connectivity index (χ2n) is 2.92. The largest absolute Gasteiger partial charge is 0.495 e. The van der Waals surface area contributed by atoms with Gasteiger partial charge in [0.1, 0.15) is 20.4 Å². The molecule has 6 heteroatoms. The first-order chi connectivity index (χ1) is 7.63. The molecule has 0 aliphatic carbocycles. The summed E-state index contributed by atoms with van der Waals surface area (Å²) in [6.07, 6.45) is 0. The van der Waals surface area contributed by atoms with E-state index in [9.17, 15) is 0 Å². The quantitative estimate of drug-likeness (QED) is 0.777. The Kier molecular flexibility index (Phi) is 3.74. The number of hydrogen-bond acceptors (Lipinski definition) is 3. The Morgan fingerprint density at radius 2 is 2.06 bits per heavy atom. The molecule has 0 aliphatic heterocycles. The fourth-order valence-electron chi connectivity index (χ4n) is 1.23. The molecule has 0 fully saturated rings. The summed E-state index contributed by atoms with van der Waals surface area (Å²) < 4.78 is 5.87. The standard InChI is InChI=1S/C10H6BrCl2NOS/c1-15-6-3-2-5(8(12)9(6)13)10-14-7(11)4-16-10/h2-4H,1H3. The number of hydrogen-bond donors (Lipinski definition) is 0. The second-order valence-corrected chi connectivity index (χ2v) is 5.35. The molecule has 0 bridgehead atoms. The first-order valence-electron chi connectivity index (χ1n) is 4.27. The highest BCUT2D eigenvalue weighted by molar-refractivity contribution is 9.10. The lowest BCUT2D eigenvalue weighted by Crippen LogP contribution is -1.87.